The van der Waals surface area contributed by atoms with Crippen molar-refractivity contribution in [1.82, 2.24) is 4.90 Å². The molecule has 0 aromatic heterocycles. The lowest BCUT2D eigenvalue weighted by molar-refractivity contribution is 0.369. The molecule has 0 fully saturated rings. The number of hydrogen-bond donors (Lipinski definition) is 0. The van der Waals surface area contributed by atoms with Crippen LogP contribution in [0.15, 0.2) is 17.1 Å². The molecular weight excluding hydrogens is 112 g/mol. The maximum absolute atomic E-state index is 4.19. The lowest BCUT2D eigenvalue weighted by Crippen LogP contribution is -2.33. The summed E-state index contributed by atoms with van der Waals surface area (Å²) in [6, 6.07) is 0.690. The Bertz CT molecular complexity index is 160. The van der Waals surface area contributed by atoms with E-state index in [0.29, 0.717) is 6.04 Å². The van der Waals surface area contributed by atoms with Crippen molar-refractivity contribution in [1.29, 1.82) is 0 Å². The second-order valence-corrected chi connectivity index (χ2v) is 2.54. The molecule has 2 heterocycles. The minimum Gasteiger partial charge on any atom is -0.354 e. The van der Waals surface area contributed by atoms with Crippen molar-refractivity contribution in [2.45, 2.75) is 12.5 Å². The van der Waals surface area contributed by atoms with Gasteiger partial charge in [0.1, 0.15) is 0 Å². The molecule has 0 saturated carbocycles. The van der Waals surface area contributed by atoms with Crippen molar-refractivity contribution in [3.63, 3.8) is 0 Å². The first kappa shape index (κ1) is 5.03. The van der Waals surface area contributed by atoms with Gasteiger partial charge in [-0.3, -0.25) is 4.99 Å². The number of rotatable bonds is 0. The van der Waals surface area contributed by atoms with Crippen LogP contribution in [-0.4, -0.2) is 30.4 Å². The van der Waals surface area contributed by atoms with E-state index in [0.717, 1.165) is 13.1 Å². The molecule has 0 spiro atoms. The van der Waals surface area contributed by atoms with Crippen LogP contribution in [0.2, 0.25) is 0 Å². The molecule has 0 aliphatic carbocycles. The van der Waals surface area contributed by atoms with Crippen LogP contribution in [0, 0.1) is 0 Å². The van der Waals surface area contributed by atoms with Crippen LogP contribution in [0.25, 0.3) is 0 Å². The lowest BCUT2D eigenvalue weighted by Gasteiger charge is -2.24. The summed E-state index contributed by atoms with van der Waals surface area (Å²) >= 11 is 0. The summed E-state index contributed by atoms with van der Waals surface area (Å²) in [4.78, 5) is 6.48. The standard InChI is InChI=1S/C7H10N2/c1-2-4-9-6-8-5-7(9)3-1/h1-2,6-7H,3-5H2. The minimum absolute atomic E-state index is 0.690. The van der Waals surface area contributed by atoms with Crippen molar-refractivity contribution in [2.75, 3.05) is 13.1 Å². The SMILES string of the molecule is C1=CCN2C=NCC2C1. The van der Waals surface area contributed by atoms with Gasteiger partial charge in [-0.25, -0.2) is 0 Å². The fourth-order valence-electron chi connectivity index (χ4n) is 1.33. The number of nitrogens with zero attached hydrogens (tertiary/aromatic N) is 2. The molecule has 2 rings (SSSR count). The van der Waals surface area contributed by atoms with Gasteiger partial charge in [0.05, 0.1) is 18.9 Å². The molecule has 0 aromatic carbocycles. The zero-order valence-electron chi connectivity index (χ0n) is 5.33. The van der Waals surface area contributed by atoms with E-state index in [1.807, 2.05) is 6.34 Å². The van der Waals surface area contributed by atoms with Gasteiger partial charge in [0.15, 0.2) is 0 Å². The van der Waals surface area contributed by atoms with E-state index in [9.17, 15) is 0 Å². The highest BCUT2D eigenvalue weighted by Gasteiger charge is 2.19. The predicted molar refractivity (Wildman–Crippen MR) is 37.6 cm³/mol. The zero-order valence-corrected chi connectivity index (χ0v) is 5.33. The van der Waals surface area contributed by atoms with Gasteiger partial charge >= 0.3 is 0 Å². The first-order chi connectivity index (χ1) is 4.47. The van der Waals surface area contributed by atoms with E-state index in [4.69, 9.17) is 0 Å². The van der Waals surface area contributed by atoms with Crippen LogP contribution >= 0.6 is 0 Å². The molecule has 2 aliphatic rings. The highest BCUT2D eigenvalue weighted by atomic mass is 15.2. The third kappa shape index (κ3) is 0.745. The van der Waals surface area contributed by atoms with E-state index in [2.05, 4.69) is 22.0 Å². The van der Waals surface area contributed by atoms with Crippen LogP contribution in [0.5, 0.6) is 0 Å². The van der Waals surface area contributed by atoms with Crippen molar-refractivity contribution in [3.8, 4) is 0 Å². The second-order valence-electron chi connectivity index (χ2n) is 2.54. The first-order valence-electron chi connectivity index (χ1n) is 3.37. The van der Waals surface area contributed by atoms with Crippen LogP contribution < -0.4 is 0 Å². The quantitative estimate of drug-likeness (QED) is 0.431. The van der Waals surface area contributed by atoms with Gasteiger partial charge in [-0.1, -0.05) is 12.2 Å². The van der Waals surface area contributed by atoms with Crippen molar-refractivity contribution < 1.29 is 0 Å². The maximum Gasteiger partial charge on any atom is 0.0856 e. The van der Waals surface area contributed by atoms with Crippen LogP contribution in [-0.2, 0) is 0 Å². The molecule has 0 bridgehead atoms. The maximum atomic E-state index is 4.19. The first-order valence-corrected chi connectivity index (χ1v) is 3.37. The van der Waals surface area contributed by atoms with Gasteiger partial charge in [0.2, 0.25) is 0 Å². The number of hydrogen-bond acceptors (Lipinski definition) is 2. The molecular formula is C7H10N2. The summed E-state index contributed by atoms with van der Waals surface area (Å²) in [5.41, 5.74) is 0. The molecule has 0 N–H and O–H groups in total. The Balaban J connectivity index is 2.13. The average Bonchev–Trinajstić information content (AvgIpc) is 2.33. The van der Waals surface area contributed by atoms with E-state index >= 15 is 0 Å². The van der Waals surface area contributed by atoms with E-state index in [1.54, 1.807) is 0 Å². The van der Waals surface area contributed by atoms with E-state index in [-0.39, 0.29) is 0 Å². The molecule has 2 heteroatoms. The molecule has 2 nitrogen and oxygen atoms in total. The summed E-state index contributed by atoms with van der Waals surface area (Å²) in [5, 5.41) is 0. The minimum atomic E-state index is 0.690. The molecule has 9 heavy (non-hydrogen) atoms. The van der Waals surface area contributed by atoms with Gasteiger partial charge in [-0.15, -0.1) is 0 Å². The fourth-order valence-corrected chi connectivity index (χ4v) is 1.33. The largest absolute Gasteiger partial charge is 0.354 e. The van der Waals surface area contributed by atoms with Gasteiger partial charge in [-0.2, -0.15) is 0 Å². The van der Waals surface area contributed by atoms with Gasteiger partial charge < -0.3 is 4.90 Å². The molecule has 1 atom stereocenters. The summed E-state index contributed by atoms with van der Waals surface area (Å²) in [5.74, 6) is 0. The van der Waals surface area contributed by atoms with Gasteiger partial charge in [0.25, 0.3) is 0 Å². The number of fused-ring (bicyclic) bond motifs is 1. The highest BCUT2D eigenvalue weighted by Crippen LogP contribution is 2.13. The van der Waals surface area contributed by atoms with Crippen LogP contribution in [0.3, 0.4) is 0 Å². The topological polar surface area (TPSA) is 15.6 Å². The molecule has 0 amide bonds. The summed E-state index contributed by atoms with van der Waals surface area (Å²) in [6.45, 7) is 2.07. The Hall–Kier alpha value is -0.790. The van der Waals surface area contributed by atoms with E-state index in [1.165, 1.54) is 6.42 Å². The highest BCUT2D eigenvalue weighted by molar-refractivity contribution is 5.58. The van der Waals surface area contributed by atoms with Crippen LogP contribution in [0.4, 0.5) is 0 Å². The lowest BCUT2D eigenvalue weighted by atomic mass is 10.1. The van der Waals surface area contributed by atoms with Crippen LogP contribution in [0.1, 0.15) is 6.42 Å². The van der Waals surface area contributed by atoms with Gasteiger partial charge in [0, 0.05) is 6.54 Å². The van der Waals surface area contributed by atoms with Gasteiger partial charge in [-0.05, 0) is 6.42 Å². The molecule has 0 aromatic rings. The summed E-state index contributed by atoms with van der Waals surface area (Å²) in [6.07, 6.45) is 7.60. The second kappa shape index (κ2) is 1.87. The van der Waals surface area contributed by atoms with Crippen molar-refractivity contribution in [2.24, 2.45) is 4.99 Å². The smallest absolute Gasteiger partial charge is 0.0856 e. The third-order valence-corrected chi connectivity index (χ3v) is 1.91. The Morgan fingerprint density at radius 2 is 2.44 bits per heavy atom. The Labute approximate surface area is 54.9 Å². The Morgan fingerprint density at radius 1 is 1.44 bits per heavy atom. The molecule has 48 valence electrons. The Morgan fingerprint density at radius 3 is 3.33 bits per heavy atom. The normalized spacial score (nSPS) is 31.1. The average molecular weight is 122 g/mol. The predicted octanol–water partition coefficient (Wildman–Crippen LogP) is 0.659. The van der Waals surface area contributed by atoms with Crippen molar-refractivity contribution >= 4 is 6.34 Å². The van der Waals surface area contributed by atoms with Crippen molar-refractivity contribution in [3.05, 3.63) is 12.2 Å². The summed E-state index contributed by atoms with van der Waals surface area (Å²) in [7, 11) is 0. The number of aliphatic imine (C=N–C) groups is 1. The molecule has 0 saturated heterocycles. The third-order valence-electron chi connectivity index (χ3n) is 1.91. The molecule has 1 unspecified atom stereocenters. The molecule has 2 aliphatic heterocycles. The summed E-state index contributed by atoms with van der Waals surface area (Å²) < 4.78 is 0. The Kier molecular flexibility index (Phi) is 1.04. The zero-order chi connectivity index (χ0) is 6.10. The fraction of sp³-hybridized carbons (Fsp3) is 0.571. The molecule has 0 radical (unpaired) electrons. The van der Waals surface area contributed by atoms with E-state index < -0.39 is 0 Å². The monoisotopic (exact) mass is 122 g/mol.